The molecule has 1 aliphatic rings. The molecule has 1 fully saturated rings. The molecule has 0 spiro atoms. The number of hydrogen-bond acceptors (Lipinski definition) is 3. The van der Waals surface area contributed by atoms with Crippen LogP contribution in [0.3, 0.4) is 0 Å². The number of carbonyl (C=O) groups is 1. The summed E-state index contributed by atoms with van der Waals surface area (Å²) in [7, 11) is 4.30. The molecule has 128 valence electrons. The first-order valence-electron chi connectivity index (χ1n) is 8.49. The second-order valence-corrected chi connectivity index (χ2v) is 6.96. The van der Waals surface area contributed by atoms with Crippen molar-refractivity contribution >= 4 is 23.2 Å². The highest BCUT2D eigenvalue weighted by Crippen LogP contribution is 2.22. The van der Waals surface area contributed by atoms with Gasteiger partial charge in [0.2, 0.25) is 5.91 Å². The fourth-order valence-corrected chi connectivity index (χ4v) is 3.14. The van der Waals surface area contributed by atoms with Gasteiger partial charge in [-0.25, -0.2) is 0 Å². The van der Waals surface area contributed by atoms with E-state index in [4.69, 9.17) is 11.6 Å². The van der Waals surface area contributed by atoms with Gasteiger partial charge in [0.15, 0.2) is 0 Å². The second-order valence-electron chi connectivity index (χ2n) is 6.53. The van der Waals surface area contributed by atoms with Gasteiger partial charge < -0.3 is 15.1 Å². The molecule has 0 heterocycles. The predicted octanol–water partition coefficient (Wildman–Crippen LogP) is 3.47. The van der Waals surface area contributed by atoms with E-state index in [1.54, 1.807) is 12.1 Å². The van der Waals surface area contributed by atoms with Gasteiger partial charge in [0, 0.05) is 42.8 Å². The summed E-state index contributed by atoms with van der Waals surface area (Å²) in [5.41, 5.74) is 0.794. The lowest BCUT2D eigenvalue weighted by molar-refractivity contribution is -0.116. The summed E-state index contributed by atoms with van der Waals surface area (Å²) in [6.45, 7) is 2.85. The van der Waals surface area contributed by atoms with Gasteiger partial charge in [-0.3, -0.25) is 4.79 Å². The third-order valence-corrected chi connectivity index (χ3v) is 4.88. The summed E-state index contributed by atoms with van der Waals surface area (Å²) in [6.07, 6.45) is 5.92. The SMILES string of the molecule is CN(CCC(=O)Nc1ccc(Cl)cc1)CCN(C)C1CCCC1. The van der Waals surface area contributed by atoms with Crippen LogP contribution in [0.15, 0.2) is 24.3 Å². The van der Waals surface area contributed by atoms with Gasteiger partial charge in [0.1, 0.15) is 0 Å². The number of anilines is 1. The number of likely N-dealkylation sites (N-methyl/N-ethyl adjacent to an activating group) is 2. The number of carbonyl (C=O) groups excluding carboxylic acids is 1. The van der Waals surface area contributed by atoms with E-state index in [0.29, 0.717) is 11.4 Å². The maximum Gasteiger partial charge on any atom is 0.225 e. The van der Waals surface area contributed by atoms with Crippen LogP contribution in [-0.2, 0) is 4.79 Å². The fourth-order valence-electron chi connectivity index (χ4n) is 3.02. The van der Waals surface area contributed by atoms with Crippen LogP contribution >= 0.6 is 11.6 Å². The molecule has 0 unspecified atom stereocenters. The molecule has 5 heteroatoms. The molecular formula is C18H28ClN3O. The maximum atomic E-state index is 12.0. The third kappa shape index (κ3) is 6.50. The molecule has 1 aromatic carbocycles. The molecule has 0 aliphatic heterocycles. The van der Waals surface area contributed by atoms with Crippen LogP contribution in [0.4, 0.5) is 5.69 Å². The molecule has 1 amide bonds. The molecule has 2 rings (SSSR count). The van der Waals surface area contributed by atoms with Gasteiger partial charge in [-0.15, -0.1) is 0 Å². The van der Waals surface area contributed by atoms with E-state index in [0.717, 1.165) is 31.4 Å². The number of amides is 1. The Labute approximate surface area is 144 Å². The summed E-state index contributed by atoms with van der Waals surface area (Å²) in [5, 5.41) is 3.57. The Bertz CT molecular complexity index is 486. The summed E-state index contributed by atoms with van der Waals surface area (Å²) < 4.78 is 0. The van der Waals surface area contributed by atoms with Crippen molar-refractivity contribution < 1.29 is 4.79 Å². The Hall–Kier alpha value is -1.10. The monoisotopic (exact) mass is 337 g/mol. The first-order valence-corrected chi connectivity index (χ1v) is 8.86. The molecule has 0 saturated heterocycles. The summed E-state index contributed by atoms with van der Waals surface area (Å²) >= 11 is 5.83. The topological polar surface area (TPSA) is 35.6 Å². The van der Waals surface area contributed by atoms with E-state index in [9.17, 15) is 4.79 Å². The Balaban J connectivity index is 1.62. The Kier molecular flexibility index (Phi) is 7.34. The zero-order valence-electron chi connectivity index (χ0n) is 14.2. The fraction of sp³-hybridized carbons (Fsp3) is 0.611. The van der Waals surface area contributed by atoms with Gasteiger partial charge in [-0.1, -0.05) is 24.4 Å². The van der Waals surface area contributed by atoms with Crippen LogP contribution < -0.4 is 5.32 Å². The highest BCUT2D eigenvalue weighted by atomic mass is 35.5. The Morgan fingerprint density at radius 2 is 1.78 bits per heavy atom. The molecule has 1 saturated carbocycles. The van der Waals surface area contributed by atoms with Crippen molar-refractivity contribution in [2.24, 2.45) is 0 Å². The molecular weight excluding hydrogens is 310 g/mol. The molecule has 1 aliphatic carbocycles. The molecule has 1 N–H and O–H groups in total. The number of rotatable bonds is 8. The highest BCUT2D eigenvalue weighted by molar-refractivity contribution is 6.30. The molecule has 1 aromatic rings. The number of halogens is 1. The zero-order valence-corrected chi connectivity index (χ0v) is 15.0. The second kappa shape index (κ2) is 9.26. The lowest BCUT2D eigenvalue weighted by Crippen LogP contribution is -2.37. The number of hydrogen-bond donors (Lipinski definition) is 1. The average Bonchev–Trinajstić information content (AvgIpc) is 3.07. The summed E-state index contributed by atoms with van der Waals surface area (Å²) in [5.74, 6) is 0.0447. The van der Waals surface area contributed by atoms with Gasteiger partial charge >= 0.3 is 0 Å². The molecule has 0 atom stereocenters. The largest absolute Gasteiger partial charge is 0.326 e. The minimum absolute atomic E-state index is 0.0447. The van der Waals surface area contributed by atoms with Crippen molar-refractivity contribution in [2.75, 3.05) is 39.0 Å². The number of nitrogens with zero attached hydrogens (tertiary/aromatic N) is 2. The van der Waals surface area contributed by atoms with E-state index >= 15 is 0 Å². The van der Waals surface area contributed by atoms with Crippen molar-refractivity contribution in [1.29, 1.82) is 0 Å². The predicted molar refractivity (Wildman–Crippen MR) is 97.1 cm³/mol. The Morgan fingerprint density at radius 3 is 2.43 bits per heavy atom. The van der Waals surface area contributed by atoms with Crippen LogP contribution in [0.2, 0.25) is 5.02 Å². The molecule has 4 nitrogen and oxygen atoms in total. The van der Waals surface area contributed by atoms with Crippen LogP contribution in [-0.4, -0.2) is 55.5 Å². The number of benzene rings is 1. The van der Waals surface area contributed by atoms with Crippen molar-refractivity contribution in [3.05, 3.63) is 29.3 Å². The van der Waals surface area contributed by atoms with Gasteiger partial charge in [0.25, 0.3) is 0 Å². The standard InChI is InChI=1S/C18H28ClN3O/c1-21(13-14-22(2)17-5-3-4-6-17)12-11-18(23)20-16-9-7-15(19)8-10-16/h7-10,17H,3-6,11-14H2,1-2H3,(H,20,23). The minimum atomic E-state index is 0.0447. The summed E-state index contributed by atoms with van der Waals surface area (Å²) in [4.78, 5) is 16.7. The highest BCUT2D eigenvalue weighted by Gasteiger charge is 2.19. The van der Waals surface area contributed by atoms with Crippen LogP contribution in [0.5, 0.6) is 0 Å². The molecule has 0 bridgehead atoms. The van der Waals surface area contributed by atoms with E-state index < -0.39 is 0 Å². The van der Waals surface area contributed by atoms with Crippen molar-refractivity contribution in [3.8, 4) is 0 Å². The molecule has 23 heavy (non-hydrogen) atoms. The van der Waals surface area contributed by atoms with Gasteiger partial charge in [0.05, 0.1) is 0 Å². The Morgan fingerprint density at radius 1 is 1.13 bits per heavy atom. The zero-order chi connectivity index (χ0) is 16.7. The first kappa shape index (κ1) is 18.2. The molecule has 0 aromatic heterocycles. The number of nitrogens with one attached hydrogen (secondary N) is 1. The van der Waals surface area contributed by atoms with Crippen molar-refractivity contribution in [3.63, 3.8) is 0 Å². The quantitative estimate of drug-likeness (QED) is 0.789. The van der Waals surface area contributed by atoms with Crippen LogP contribution in [0.25, 0.3) is 0 Å². The molecule has 0 radical (unpaired) electrons. The van der Waals surface area contributed by atoms with E-state index in [1.807, 2.05) is 12.1 Å². The lowest BCUT2D eigenvalue weighted by Gasteiger charge is -2.26. The lowest BCUT2D eigenvalue weighted by atomic mass is 10.2. The van der Waals surface area contributed by atoms with E-state index in [2.05, 4.69) is 29.2 Å². The normalized spacial score (nSPS) is 15.5. The van der Waals surface area contributed by atoms with Gasteiger partial charge in [-0.2, -0.15) is 0 Å². The first-order chi connectivity index (χ1) is 11.0. The van der Waals surface area contributed by atoms with Crippen molar-refractivity contribution in [1.82, 2.24) is 9.80 Å². The minimum Gasteiger partial charge on any atom is -0.326 e. The van der Waals surface area contributed by atoms with Gasteiger partial charge in [-0.05, 0) is 51.2 Å². The van der Waals surface area contributed by atoms with E-state index in [1.165, 1.54) is 25.7 Å². The summed E-state index contributed by atoms with van der Waals surface area (Å²) in [6, 6.07) is 7.96. The maximum absolute atomic E-state index is 12.0. The van der Waals surface area contributed by atoms with E-state index in [-0.39, 0.29) is 5.91 Å². The van der Waals surface area contributed by atoms with Crippen LogP contribution in [0.1, 0.15) is 32.1 Å². The smallest absolute Gasteiger partial charge is 0.225 e. The average molecular weight is 338 g/mol. The third-order valence-electron chi connectivity index (χ3n) is 4.63. The van der Waals surface area contributed by atoms with Crippen molar-refractivity contribution in [2.45, 2.75) is 38.1 Å². The van der Waals surface area contributed by atoms with Crippen LogP contribution in [0, 0.1) is 0 Å².